The first-order valence-corrected chi connectivity index (χ1v) is 10.8. The Morgan fingerprint density at radius 3 is 2.46 bits per heavy atom. The molecule has 204 valence electrons. The fraction of sp³-hybridized carbons (Fsp3) is 0.500. The summed E-state index contributed by atoms with van der Waals surface area (Å²) >= 11 is 0. The van der Waals surface area contributed by atoms with E-state index in [4.69, 9.17) is 9.47 Å². The van der Waals surface area contributed by atoms with E-state index in [1.807, 2.05) is 0 Å². The van der Waals surface area contributed by atoms with E-state index in [0.29, 0.717) is 13.0 Å². The third-order valence-corrected chi connectivity index (χ3v) is 6.37. The second-order valence-corrected chi connectivity index (χ2v) is 8.57. The Bertz CT molecular complexity index is 1190. The number of anilines is 1. The van der Waals surface area contributed by atoms with Crippen molar-refractivity contribution in [3.63, 3.8) is 0 Å². The Balaban J connectivity index is 2.09. The lowest BCUT2D eigenvalue weighted by Crippen LogP contribution is -2.47. The largest absolute Gasteiger partial charge is 0.480 e. The van der Waals surface area contributed by atoms with Gasteiger partial charge in [-0.25, -0.2) is 9.07 Å². The topological polar surface area (TPSA) is 94.5 Å². The van der Waals surface area contributed by atoms with E-state index in [1.54, 1.807) is 0 Å². The van der Waals surface area contributed by atoms with Crippen molar-refractivity contribution in [2.45, 2.75) is 51.1 Å². The van der Waals surface area contributed by atoms with Crippen molar-refractivity contribution in [3.05, 3.63) is 41.2 Å². The molecule has 4 atom stereocenters. The van der Waals surface area contributed by atoms with E-state index in [-0.39, 0.29) is 21.6 Å². The molecule has 2 N–H and O–H groups in total. The van der Waals surface area contributed by atoms with Gasteiger partial charge in [0.1, 0.15) is 6.10 Å². The second-order valence-electron chi connectivity index (χ2n) is 8.57. The zero-order chi connectivity index (χ0) is 27.9. The highest BCUT2D eigenvalue weighted by Gasteiger charge is 2.66. The number of nitrogens with zero attached hydrogens (tertiary/aromatic N) is 2. The molecule has 0 unspecified atom stereocenters. The van der Waals surface area contributed by atoms with Gasteiger partial charge in [0, 0.05) is 24.4 Å². The van der Waals surface area contributed by atoms with Crippen molar-refractivity contribution in [1.82, 2.24) is 15.1 Å². The maximum atomic E-state index is 14.8. The quantitative estimate of drug-likeness (QED) is 0.517. The molecule has 0 bridgehead atoms. The summed E-state index contributed by atoms with van der Waals surface area (Å²) in [6, 6.07) is 1.57. The maximum Gasteiger partial charge on any atom is 0.417 e. The number of aryl methyl sites for hydroxylation is 1. The molecule has 0 spiro atoms. The predicted molar refractivity (Wildman–Crippen MR) is 114 cm³/mol. The molecule has 1 aromatic carbocycles. The van der Waals surface area contributed by atoms with Gasteiger partial charge in [-0.3, -0.25) is 9.59 Å². The standard InChI is InChI=1S/C22H23F7N4O4/c1-9-15(11-5-6-12(23)16(24)17(11)36-8-14(34)30-4)18(37-21(9,3)22(27,28)29)19(35)31-13-7-33(20(25)26)32-10(13)2/h5-7,9,15,18,20H,8H2,1-4H3,(H,30,34)(H,31,35)/t9-,15-,18+,21+/m0/s1. The minimum Gasteiger partial charge on any atom is -0.480 e. The van der Waals surface area contributed by atoms with Crippen molar-refractivity contribution in [2.24, 2.45) is 5.92 Å². The first kappa shape index (κ1) is 28.2. The molecule has 0 aliphatic carbocycles. The van der Waals surface area contributed by atoms with Crippen LogP contribution in [-0.4, -0.2) is 53.1 Å². The maximum absolute atomic E-state index is 14.8. The zero-order valence-corrected chi connectivity index (χ0v) is 19.9. The number of alkyl halides is 5. The van der Waals surface area contributed by atoms with Crippen LogP contribution in [0.25, 0.3) is 0 Å². The van der Waals surface area contributed by atoms with Crippen molar-refractivity contribution in [1.29, 1.82) is 0 Å². The van der Waals surface area contributed by atoms with Crippen LogP contribution in [0.4, 0.5) is 36.4 Å². The third-order valence-electron chi connectivity index (χ3n) is 6.37. The molecule has 37 heavy (non-hydrogen) atoms. The van der Waals surface area contributed by atoms with E-state index in [9.17, 15) is 40.3 Å². The number of hydrogen-bond donors (Lipinski definition) is 2. The number of benzene rings is 1. The number of carbonyl (C=O) groups excluding carboxylic acids is 2. The lowest BCUT2D eigenvalue weighted by Gasteiger charge is -2.32. The van der Waals surface area contributed by atoms with E-state index < -0.39 is 72.1 Å². The molecular formula is C22H23F7N4O4. The number of amides is 2. The van der Waals surface area contributed by atoms with E-state index in [0.717, 1.165) is 19.2 Å². The molecule has 1 aromatic heterocycles. The number of nitrogens with one attached hydrogen (secondary N) is 2. The van der Waals surface area contributed by atoms with E-state index in [2.05, 4.69) is 15.7 Å². The normalized spacial score (nSPS) is 23.8. The molecular weight excluding hydrogens is 517 g/mol. The van der Waals surface area contributed by atoms with Crippen LogP contribution in [0, 0.1) is 24.5 Å². The number of aromatic nitrogens is 2. The van der Waals surface area contributed by atoms with Crippen LogP contribution in [0.5, 0.6) is 5.75 Å². The predicted octanol–water partition coefficient (Wildman–Crippen LogP) is 4.07. The van der Waals surface area contributed by atoms with Crippen LogP contribution < -0.4 is 15.4 Å². The van der Waals surface area contributed by atoms with Gasteiger partial charge in [0.15, 0.2) is 23.8 Å². The average Bonchev–Trinajstić information content (AvgIpc) is 3.32. The van der Waals surface area contributed by atoms with Crippen molar-refractivity contribution in [2.75, 3.05) is 19.0 Å². The van der Waals surface area contributed by atoms with Crippen LogP contribution in [0.1, 0.15) is 37.6 Å². The molecule has 3 rings (SSSR count). The van der Waals surface area contributed by atoms with Gasteiger partial charge in [0.25, 0.3) is 11.8 Å². The number of rotatable bonds is 7. The van der Waals surface area contributed by atoms with Gasteiger partial charge in [-0.05, 0) is 19.9 Å². The van der Waals surface area contributed by atoms with Crippen LogP contribution in [0.15, 0.2) is 18.3 Å². The Morgan fingerprint density at radius 2 is 1.92 bits per heavy atom. The Morgan fingerprint density at radius 1 is 1.27 bits per heavy atom. The van der Waals surface area contributed by atoms with Gasteiger partial charge in [-0.2, -0.15) is 31.4 Å². The minimum atomic E-state index is -5.00. The molecule has 0 saturated carbocycles. The number of halogens is 7. The lowest BCUT2D eigenvalue weighted by molar-refractivity contribution is -0.272. The highest BCUT2D eigenvalue weighted by Crippen LogP contribution is 2.55. The SMILES string of the molecule is CNC(=O)COc1c([C@H]2[C@H](C(=O)Nc3cn(C(F)F)nc3C)O[C@@](C)(C(F)(F)F)[C@H]2C)ccc(F)c1F. The van der Waals surface area contributed by atoms with Crippen molar-refractivity contribution < 1.29 is 49.8 Å². The molecule has 8 nitrogen and oxygen atoms in total. The average molecular weight is 540 g/mol. The fourth-order valence-electron chi connectivity index (χ4n) is 4.10. The summed E-state index contributed by atoms with van der Waals surface area (Å²) in [5.41, 5.74) is -3.56. The first-order chi connectivity index (χ1) is 17.1. The van der Waals surface area contributed by atoms with Gasteiger partial charge in [-0.1, -0.05) is 13.0 Å². The summed E-state index contributed by atoms with van der Waals surface area (Å²) in [5, 5.41) is 7.93. The number of likely N-dealkylation sites (N-methyl/N-ethyl adjacent to an activating group) is 1. The van der Waals surface area contributed by atoms with E-state index >= 15 is 0 Å². The van der Waals surface area contributed by atoms with E-state index in [1.165, 1.54) is 14.0 Å². The molecule has 2 heterocycles. The molecule has 15 heteroatoms. The lowest BCUT2D eigenvalue weighted by atomic mass is 9.77. The molecule has 0 radical (unpaired) electrons. The third kappa shape index (κ3) is 5.22. The van der Waals surface area contributed by atoms with Crippen LogP contribution in [0.3, 0.4) is 0 Å². The van der Waals surface area contributed by atoms with Crippen molar-refractivity contribution >= 4 is 17.5 Å². The zero-order valence-electron chi connectivity index (χ0n) is 19.9. The van der Waals surface area contributed by atoms with Crippen LogP contribution in [0.2, 0.25) is 0 Å². The number of ether oxygens (including phenoxy) is 2. The fourth-order valence-corrected chi connectivity index (χ4v) is 4.10. The highest BCUT2D eigenvalue weighted by molar-refractivity contribution is 5.95. The van der Waals surface area contributed by atoms with Gasteiger partial charge in [0.05, 0.1) is 17.6 Å². The van der Waals surface area contributed by atoms with Crippen LogP contribution in [-0.2, 0) is 14.3 Å². The summed E-state index contributed by atoms with van der Waals surface area (Å²) < 4.78 is 108. The summed E-state index contributed by atoms with van der Waals surface area (Å²) in [5.74, 6) is -8.89. The summed E-state index contributed by atoms with van der Waals surface area (Å²) in [6.07, 6.45) is -6.18. The molecule has 1 saturated heterocycles. The number of carbonyl (C=O) groups is 2. The second kappa shape index (κ2) is 10.2. The number of hydrogen-bond acceptors (Lipinski definition) is 5. The van der Waals surface area contributed by atoms with Gasteiger partial charge >= 0.3 is 12.7 Å². The smallest absolute Gasteiger partial charge is 0.417 e. The molecule has 1 aliphatic heterocycles. The summed E-state index contributed by atoms with van der Waals surface area (Å²) in [7, 11) is 1.24. The van der Waals surface area contributed by atoms with Gasteiger partial charge in [0.2, 0.25) is 5.82 Å². The highest BCUT2D eigenvalue weighted by atomic mass is 19.4. The summed E-state index contributed by atoms with van der Waals surface area (Å²) in [4.78, 5) is 24.8. The van der Waals surface area contributed by atoms with Gasteiger partial charge < -0.3 is 20.1 Å². The first-order valence-electron chi connectivity index (χ1n) is 10.8. The van der Waals surface area contributed by atoms with Gasteiger partial charge in [-0.15, -0.1) is 0 Å². The molecule has 2 amide bonds. The Labute approximate surface area is 206 Å². The monoisotopic (exact) mass is 540 g/mol. The molecule has 1 aliphatic rings. The van der Waals surface area contributed by atoms with Crippen LogP contribution >= 0.6 is 0 Å². The minimum absolute atomic E-state index is 0.0581. The Kier molecular flexibility index (Phi) is 7.77. The molecule has 1 fully saturated rings. The Hall–Kier alpha value is -3.36. The summed E-state index contributed by atoms with van der Waals surface area (Å²) in [6.45, 7) is -0.761. The van der Waals surface area contributed by atoms with Crippen molar-refractivity contribution in [3.8, 4) is 5.75 Å². The molecule has 2 aromatic rings.